The first-order valence-corrected chi connectivity index (χ1v) is 4.34. The molecule has 0 spiro atoms. The van der Waals surface area contributed by atoms with E-state index in [4.69, 9.17) is 15.1 Å². The van der Waals surface area contributed by atoms with Gasteiger partial charge in [-0.05, 0) is 19.9 Å². The van der Waals surface area contributed by atoms with Crippen LogP contribution in [0.25, 0.3) is 0 Å². The normalized spacial score (nSPS) is 9.93. The van der Waals surface area contributed by atoms with Crippen LogP contribution in [0, 0.1) is 11.3 Å². The average molecular weight is 192 g/mol. The van der Waals surface area contributed by atoms with E-state index in [0.29, 0.717) is 17.0 Å². The molecule has 1 N–H and O–H groups in total. The highest BCUT2D eigenvalue weighted by atomic mass is 16.5. The number of aromatic nitrogens is 1. The molecule has 1 aromatic heterocycles. The number of aliphatic hydroxyl groups is 1. The fraction of sp³-hybridized carbons (Fsp3) is 0.400. The Labute approximate surface area is 82.8 Å². The number of rotatable bonds is 3. The molecule has 0 atom stereocenters. The van der Waals surface area contributed by atoms with Crippen LogP contribution in [-0.4, -0.2) is 16.2 Å². The predicted molar refractivity (Wildman–Crippen MR) is 50.6 cm³/mol. The van der Waals surface area contributed by atoms with Crippen molar-refractivity contribution in [1.82, 2.24) is 4.98 Å². The van der Waals surface area contributed by atoms with Crippen LogP contribution in [-0.2, 0) is 6.61 Å². The van der Waals surface area contributed by atoms with Gasteiger partial charge in [0.25, 0.3) is 0 Å². The van der Waals surface area contributed by atoms with Gasteiger partial charge in [-0.2, -0.15) is 5.26 Å². The number of pyridine rings is 1. The first-order chi connectivity index (χ1) is 6.67. The average Bonchev–Trinajstić information content (AvgIpc) is 2.17. The van der Waals surface area contributed by atoms with E-state index in [0.717, 1.165) is 0 Å². The highest BCUT2D eigenvalue weighted by Gasteiger charge is 2.06. The molecule has 0 radical (unpaired) electrons. The summed E-state index contributed by atoms with van der Waals surface area (Å²) in [4.78, 5) is 3.93. The molecule has 0 unspecified atom stereocenters. The van der Waals surface area contributed by atoms with Crippen molar-refractivity contribution < 1.29 is 9.84 Å². The largest absolute Gasteiger partial charge is 0.488 e. The standard InChI is InChI=1S/C10H12N2O2/c1-7(2)14-10-5-12-9(6-13)3-8(10)4-11/h3,5,7,13H,6H2,1-2H3. The van der Waals surface area contributed by atoms with Crippen molar-refractivity contribution in [3.8, 4) is 11.8 Å². The van der Waals surface area contributed by atoms with E-state index in [1.54, 1.807) is 0 Å². The molecule has 1 rings (SSSR count). The van der Waals surface area contributed by atoms with Gasteiger partial charge in [-0.15, -0.1) is 0 Å². The zero-order chi connectivity index (χ0) is 10.6. The quantitative estimate of drug-likeness (QED) is 0.782. The molecule has 0 aliphatic carbocycles. The molecule has 1 heterocycles. The van der Waals surface area contributed by atoms with Crippen LogP contribution >= 0.6 is 0 Å². The summed E-state index contributed by atoms with van der Waals surface area (Å²) in [7, 11) is 0. The Kier molecular flexibility index (Phi) is 3.43. The number of hydrogen-bond donors (Lipinski definition) is 1. The van der Waals surface area contributed by atoms with E-state index in [1.807, 2.05) is 19.9 Å². The van der Waals surface area contributed by atoms with Crippen LogP contribution in [0.1, 0.15) is 25.1 Å². The smallest absolute Gasteiger partial charge is 0.155 e. The van der Waals surface area contributed by atoms with Crippen molar-refractivity contribution in [3.05, 3.63) is 23.5 Å². The van der Waals surface area contributed by atoms with Crippen LogP contribution in [0.4, 0.5) is 0 Å². The second-order valence-corrected chi connectivity index (χ2v) is 3.11. The molecular weight excluding hydrogens is 180 g/mol. The van der Waals surface area contributed by atoms with Crippen molar-refractivity contribution in [3.63, 3.8) is 0 Å². The molecular formula is C10H12N2O2. The van der Waals surface area contributed by atoms with Crippen molar-refractivity contribution in [2.45, 2.75) is 26.6 Å². The van der Waals surface area contributed by atoms with E-state index in [9.17, 15) is 0 Å². The van der Waals surface area contributed by atoms with Gasteiger partial charge in [0.15, 0.2) is 5.75 Å². The van der Waals surface area contributed by atoms with Gasteiger partial charge in [-0.25, -0.2) is 0 Å². The number of hydrogen-bond acceptors (Lipinski definition) is 4. The Balaban J connectivity index is 3.01. The van der Waals surface area contributed by atoms with Crippen molar-refractivity contribution in [2.24, 2.45) is 0 Å². The molecule has 4 heteroatoms. The number of nitriles is 1. The predicted octanol–water partition coefficient (Wildman–Crippen LogP) is 1.23. The van der Waals surface area contributed by atoms with Gasteiger partial charge >= 0.3 is 0 Å². The van der Waals surface area contributed by atoms with Crippen molar-refractivity contribution in [2.75, 3.05) is 0 Å². The third kappa shape index (κ3) is 2.44. The highest BCUT2D eigenvalue weighted by molar-refractivity contribution is 5.42. The maximum absolute atomic E-state index is 8.82. The van der Waals surface area contributed by atoms with Gasteiger partial charge in [-0.3, -0.25) is 4.98 Å². The maximum atomic E-state index is 8.82. The monoisotopic (exact) mass is 192 g/mol. The summed E-state index contributed by atoms with van der Waals surface area (Å²) in [5.41, 5.74) is 0.871. The summed E-state index contributed by atoms with van der Waals surface area (Å²) in [5, 5.41) is 17.6. The molecule has 1 aromatic rings. The van der Waals surface area contributed by atoms with Crippen LogP contribution in [0.2, 0.25) is 0 Å². The van der Waals surface area contributed by atoms with Gasteiger partial charge in [-0.1, -0.05) is 0 Å². The lowest BCUT2D eigenvalue weighted by atomic mass is 10.2. The Morgan fingerprint density at radius 3 is 2.86 bits per heavy atom. The minimum atomic E-state index is -0.170. The second-order valence-electron chi connectivity index (χ2n) is 3.11. The molecule has 4 nitrogen and oxygen atoms in total. The van der Waals surface area contributed by atoms with Crippen LogP contribution in [0.15, 0.2) is 12.3 Å². The second kappa shape index (κ2) is 4.58. The Morgan fingerprint density at radius 1 is 1.64 bits per heavy atom. The topological polar surface area (TPSA) is 66.1 Å². The first kappa shape index (κ1) is 10.5. The fourth-order valence-corrected chi connectivity index (χ4v) is 1.01. The molecule has 0 fully saturated rings. The molecule has 0 saturated heterocycles. The van der Waals surface area contributed by atoms with E-state index >= 15 is 0 Å². The summed E-state index contributed by atoms with van der Waals surface area (Å²) >= 11 is 0. The third-order valence-corrected chi connectivity index (χ3v) is 1.57. The minimum Gasteiger partial charge on any atom is -0.488 e. The van der Waals surface area contributed by atoms with Gasteiger partial charge in [0.05, 0.1) is 30.2 Å². The molecule has 0 amide bonds. The van der Waals surface area contributed by atoms with Crippen LogP contribution in [0.3, 0.4) is 0 Å². The number of nitrogens with zero attached hydrogens (tertiary/aromatic N) is 2. The van der Waals surface area contributed by atoms with Gasteiger partial charge < -0.3 is 9.84 Å². The van der Waals surface area contributed by atoms with E-state index in [-0.39, 0.29) is 12.7 Å². The molecule has 0 bridgehead atoms. The SMILES string of the molecule is CC(C)Oc1cnc(CO)cc1C#N. The van der Waals surface area contributed by atoms with Crippen molar-refractivity contribution >= 4 is 0 Å². The molecule has 0 aromatic carbocycles. The first-order valence-electron chi connectivity index (χ1n) is 4.34. The summed E-state index contributed by atoms with van der Waals surface area (Å²) in [6.07, 6.45) is 1.47. The minimum absolute atomic E-state index is 0.00359. The Morgan fingerprint density at radius 2 is 2.36 bits per heavy atom. The lowest BCUT2D eigenvalue weighted by molar-refractivity contribution is 0.239. The summed E-state index contributed by atoms with van der Waals surface area (Å²) in [6.45, 7) is 3.58. The fourth-order valence-electron chi connectivity index (χ4n) is 1.01. The zero-order valence-electron chi connectivity index (χ0n) is 8.19. The van der Waals surface area contributed by atoms with E-state index in [1.165, 1.54) is 12.3 Å². The summed E-state index contributed by atoms with van der Waals surface area (Å²) < 4.78 is 5.37. The summed E-state index contributed by atoms with van der Waals surface area (Å²) in [6, 6.07) is 3.53. The molecule has 14 heavy (non-hydrogen) atoms. The van der Waals surface area contributed by atoms with Gasteiger partial charge in [0, 0.05) is 0 Å². The van der Waals surface area contributed by atoms with Gasteiger partial charge in [0.1, 0.15) is 6.07 Å². The molecule has 0 saturated carbocycles. The van der Waals surface area contributed by atoms with Crippen molar-refractivity contribution in [1.29, 1.82) is 5.26 Å². The van der Waals surface area contributed by atoms with Gasteiger partial charge in [0.2, 0.25) is 0 Å². The van der Waals surface area contributed by atoms with E-state index < -0.39 is 0 Å². The molecule has 0 aliphatic rings. The zero-order valence-corrected chi connectivity index (χ0v) is 8.19. The molecule has 74 valence electrons. The van der Waals surface area contributed by atoms with Crippen LogP contribution in [0.5, 0.6) is 5.75 Å². The highest BCUT2D eigenvalue weighted by Crippen LogP contribution is 2.18. The lowest BCUT2D eigenvalue weighted by Crippen LogP contribution is -2.07. The summed E-state index contributed by atoms with van der Waals surface area (Å²) in [5.74, 6) is 0.458. The van der Waals surface area contributed by atoms with E-state index in [2.05, 4.69) is 4.98 Å². The molecule has 0 aliphatic heterocycles. The Bertz CT molecular complexity index is 356. The lowest BCUT2D eigenvalue weighted by Gasteiger charge is -2.10. The number of aliphatic hydroxyl groups excluding tert-OH is 1. The Hall–Kier alpha value is -1.60. The van der Waals surface area contributed by atoms with Crippen LogP contribution < -0.4 is 4.74 Å². The number of ether oxygens (including phenoxy) is 1. The third-order valence-electron chi connectivity index (χ3n) is 1.57. The maximum Gasteiger partial charge on any atom is 0.155 e.